The van der Waals surface area contributed by atoms with Gasteiger partial charge in [-0.3, -0.25) is 9.59 Å². The monoisotopic (exact) mass is 422 g/mol. The minimum absolute atomic E-state index is 0.0492. The summed E-state index contributed by atoms with van der Waals surface area (Å²) >= 11 is 0. The number of carbonyl (C=O) groups is 2. The van der Waals surface area contributed by atoms with Gasteiger partial charge < -0.3 is 14.5 Å². The third-order valence-electron chi connectivity index (χ3n) is 5.35. The van der Waals surface area contributed by atoms with Gasteiger partial charge in [0.05, 0.1) is 12.7 Å². The van der Waals surface area contributed by atoms with Gasteiger partial charge in [0.25, 0.3) is 11.8 Å². The molecule has 7 nitrogen and oxygen atoms in total. The molecule has 4 rings (SSSR count). The van der Waals surface area contributed by atoms with Crippen molar-refractivity contribution >= 4 is 11.8 Å². The molecule has 8 heteroatoms. The lowest BCUT2D eigenvalue weighted by molar-refractivity contribution is 0.0529. The number of hydrogen-bond donors (Lipinski definition) is 0. The topological polar surface area (TPSA) is 67.7 Å². The van der Waals surface area contributed by atoms with Crippen molar-refractivity contribution in [2.45, 2.75) is 6.92 Å². The highest BCUT2D eigenvalue weighted by Gasteiger charge is 2.27. The first-order valence-corrected chi connectivity index (χ1v) is 10.0. The maximum absolute atomic E-state index is 13.9. The SMILES string of the molecule is COc1ccc(C)cc1-n1ccc(C(=O)N2CCN(C(=O)c3ccccc3F)CC2)n1. The van der Waals surface area contributed by atoms with E-state index in [1.165, 1.54) is 12.1 Å². The standard InChI is InChI=1S/C23H23FN4O3/c1-16-7-8-21(31-2)20(15-16)28-10-9-19(25-28)23(30)27-13-11-26(12-14-27)22(29)17-5-3-4-6-18(17)24/h3-10,15H,11-14H2,1-2H3. The Balaban J connectivity index is 1.44. The van der Waals surface area contributed by atoms with Crippen molar-refractivity contribution in [1.82, 2.24) is 19.6 Å². The number of rotatable bonds is 4. The molecule has 1 aliphatic heterocycles. The predicted molar refractivity (Wildman–Crippen MR) is 113 cm³/mol. The van der Waals surface area contributed by atoms with Crippen LogP contribution in [-0.2, 0) is 0 Å². The molecule has 3 aromatic rings. The van der Waals surface area contributed by atoms with E-state index in [0.717, 1.165) is 11.3 Å². The first-order valence-electron chi connectivity index (χ1n) is 10.0. The number of hydrogen-bond acceptors (Lipinski definition) is 4. The van der Waals surface area contributed by atoms with E-state index < -0.39 is 5.82 Å². The smallest absolute Gasteiger partial charge is 0.274 e. The number of piperazine rings is 1. The van der Waals surface area contributed by atoms with E-state index in [9.17, 15) is 14.0 Å². The Kier molecular flexibility index (Phi) is 5.70. The summed E-state index contributed by atoms with van der Waals surface area (Å²) in [6, 6.07) is 13.3. The molecule has 2 amide bonds. The quantitative estimate of drug-likeness (QED) is 0.649. The van der Waals surface area contributed by atoms with E-state index in [2.05, 4.69) is 5.10 Å². The van der Waals surface area contributed by atoms with E-state index in [1.54, 1.807) is 46.0 Å². The van der Waals surface area contributed by atoms with Gasteiger partial charge in [0.1, 0.15) is 17.3 Å². The zero-order chi connectivity index (χ0) is 22.0. The van der Waals surface area contributed by atoms with E-state index in [-0.39, 0.29) is 17.4 Å². The first kappa shape index (κ1) is 20.6. The summed E-state index contributed by atoms with van der Waals surface area (Å²) in [5.74, 6) is -0.444. The Morgan fingerprint density at radius 2 is 1.65 bits per heavy atom. The minimum Gasteiger partial charge on any atom is -0.494 e. The highest BCUT2D eigenvalue weighted by Crippen LogP contribution is 2.24. The van der Waals surface area contributed by atoms with Crippen LogP contribution in [0.2, 0.25) is 0 Å². The molecule has 1 fully saturated rings. The van der Waals surface area contributed by atoms with E-state index in [0.29, 0.717) is 37.6 Å². The number of methoxy groups -OCH3 is 1. The molecule has 160 valence electrons. The molecule has 1 saturated heterocycles. The van der Waals surface area contributed by atoms with Crippen molar-refractivity contribution in [1.29, 1.82) is 0 Å². The molecule has 2 heterocycles. The maximum Gasteiger partial charge on any atom is 0.274 e. The average molecular weight is 422 g/mol. The van der Waals surface area contributed by atoms with E-state index in [4.69, 9.17) is 4.74 Å². The number of amides is 2. The summed E-state index contributed by atoms with van der Waals surface area (Å²) in [5.41, 5.74) is 2.17. The van der Waals surface area contributed by atoms with Crippen molar-refractivity contribution in [2.24, 2.45) is 0 Å². The molecule has 0 radical (unpaired) electrons. The Bertz CT molecular complexity index is 1120. The molecule has 2 aromatic carbocycles. The van der Waals surface area contributed by atoms with Crippen LogP contribution in [0.1, 0.15) is 26.4 Å². The van der Waals surface area contributed by atoms with Crippen LogP contribution in [-0.4, -0.2) is 64.7 Å². The number of aryl methyl sites for hydroxylation is 1. The fourth-order valence-electron chi connectivity index (χ4n) is 3.63. The van der Waals surface area contributed by atoms with Gasteiger partial charge in [0.15, 0.2) is 5.69 Å². The third kappa shape index (κ3) is 4.14. The third-order valence-corrected chi connectivity index (χ3v) is 5.35. The van der Waals surface area contributed by atoms with Crippen LogP contribution >= 0.6 is 0 Å². The lowest BCUT2D eigenvalue weighted by atomic mass is 10.1. The molecule has 1 aliphatic rings. The van der Waals surface area contributed by atoms with Crippen LogP contribution in [0.5, 0.6) is 5.75 Å². The van der Waals surface area contributed by atoms with E-state index in [1.807, 2.05) is 25.1 Å². The van der Waals surface area contributed by atoms with Crippen LogP contribution in [0.25, 0.3) is 5.69 Å². The number of nitrogens with zero attached hydrogens (tertiary/aromatic N) is 4. The highest BCUT2D eigenvalue weighted by molar-refractivity contribution is 5.95. The fraction of sp³-hybridized carbons (Fsp3) is 0.261. The summed E-state index contributed by atoms with van der Waals surface area (Å²) in [4.78, 5) is 28.7. The molecule has 0 bridgehead atoms. The van der Waals surface area contributed by atoms with Crippen molar-refractivity contribution in [2.75, 3.05) is 33.3 Å². The molecule has 0 N–H and O–H groups in total. The molecular weight excluding hydrogens is 399 g/mol. The highest BCUT2D eigenvalue weighted by atomic mass is 19.1. The summed E-state index contributed by atoms with van der Waals surface area (Å²) in [6.45, 7) is 3.37. The van der Waals surface area contributed by atoms with Gasteiger partial charge in [0, 0.05) is 32.4 Å². The second kappa shape index (κ2) is 8.59. The number of halogens is 1. The Morgan fingerprint density at radius 3 is 2.32 bits per heavy atom. The van der Waals surface area contributed by atoms with Gasteiger partial charge in [-0.05, 0) is 42.8 Å². The molecule has 1 aromatic heterocycles. The minimum atomic E-state index is -0.539. The second-order valence-corrected chi connectivity index (χ2v) is 7.39. The number of aromatic nitrogens is 2. The molecule has 0 spiro atoms. The molecule has 0 aliphatic carbocycles. The molecule has 0 saturated carbocycles. The molecular formula is C23H23FN4O3. The van der Waals surface area contributed by atoms with Crippen LogP contribution in [0.4, 0.5) is 4.39 Å². The summed E-state index contributed by atoms with van der Waals surface area (Å²) in [7, 11) is 1.59. The molecule has 0 unspecified atom stereocenters. The number of carbonyl (C=O) groups excluding carboxylic acids is 2. The summed E-state index contributed by atoms with van der Waals surface area (Å²) in [6.07, 6.45) is 1.72. The lowest BCUT2D eigenvalue weighted by Crippen LogP contribution is -2.50. The normalized spacial score (nSPS) is 13.9. The van der Waals surface area contributed by atoms with Crippen molar-refractivity contribution < 1.29 is 18.7 Å². The Morgan fingerprint density at radius 1 is 0.968 bits per heavy atom. The van der Waals surface area contributed by atoms with Crippen LogP contribution in [0, 0.1) is 12.7 Å². The molecule has 31 heavy (non-hydrogen) atoms. The number of benzene rings is 2. The second-order valence-electron chi connectivity index (χ2n) is 7.39. The first-order chi connectivity index (χ1) is 15.0. The average Bonchev–Trinajstić information content (AvgIpc) is 3.29. The maximum atomic E-state index is 13.9. The van der Waals surface area contributed by atoms with Crippen molar-refractivity contribution in [3.8, 4) is 11.4 Å². The zero-order valence-corrected chi connectivity index (χ0v) is 17.4. The Hall–Kier alpha value is -3.68. The van der Waals surface area contributed by atoms with Gasteiger partial charge in [-0.1, -0.05) is 18.2 Å². The summed E-state index contributed by atoms with van der Waals surface area (Å²) in [5, 5.41) is 4.43. The van der Waals surface area contributed by atoms with Gasteiger partial charge in [-0.25, -0.2) is 9.07 Å². The summed E-state index contributed by atoms with van der Waals surface area (Å²) < 4.78 is 20.9. The van der Waals surface area contributed by atoms with Gasteiger partial charge in [0.2, 0.25) is 0 Å². The van der Waals surface area contributed by atoms with Gasteiger partial charge >= 0.3 is 0 Å². The van der Waals surface area contributed by atoms with Crippen molar-refractivity contribution in [3.63, 3.8) is 0 Å². The number of ether oxygens (including phenoxy) is 1. The fourth-order valence-corrected chi connectivity index (χ4v) is 3.63. The van der Waals surface area contributed by atoms with E-state index >= 15 is 0 Å². The van der Waals surface area contributed by atoms with Gasteiger partial charge in [-0.15, -0.1) is 0 Å². The van der Waals surface area contributed by atoms with Gasteiger partial charge in [-0.2, -0.15) is 5.10 Å². The molecule has 0 atom stereocenters. The lowest BCUT2D eigenvalue weighted by Gasteiger charge is -2.34. The Labute approximate surface area is 179 Å². The van der Waals surface area contributed by atoms with Crippen LogP contribution in [0.15, 0.2) is 54.7 Å². The van der Waals surface area contributed by atoms with Crippen molar-refractivity contribution in [3.05, 3.63) is 77.4 Å². The zero-order valence-electron chi connectivity index (χ0n) is 17.4. The van der Waals surface area contributed by atoms with Crippen LogP contribution < -0.4 is 4.74 Å². The van der Waals surface area contributed by atoms with Crippen LogP contribution in [0.3, 0.4) is 0 Å². The largest absolute Gasteiger partial charge is 0.494 e. The predicted octanol–water partition coefficient (Wildman–Crippen LogP) is 2.93.